The highest BCUT2D eigenvalue weighted by molar-refractivity contribution is 5.51. The normalized spacial score (nSPS) is 27.8. The van der Waals surface area contributed by atoms with Gasteiger partial charge in [-0.15, -0.1) is 10.2 Å². The third-order valence-corrected chi connectivity index (χ3v) is 6.52. The number of likely N-dealkylation sites (N-methyl/N-ethyl adjacent to an activating group) is 1. The van der Waals surface area contributed by atoms with E-state index < -0.39 is 0 Å². The molecule has 2 aliphatic rings. The van der Waals surface area contributed by atoms with Crippen LogP contribution in [0, 0.1) is 6.92 Å². The predicted molar refractivity (Wildman–Crippen MR) is 106 cm³/mol. The fourth-order valence-electron chi connectivity index (χ4n) is 5.03. The standard InChI is InChI=1S/C23H25N3O/c1-15-8-10-16(11-9-15)19-14-18-12-13-20(26(18)2)21(19)23-25-24-22(27-23)17-6-4-3-5-7-17/h3-11,18-21H,12-14H2,1-2H3/t18-,19-,20?,21?/m1/s1. The van der Waals surface area contributed by atoms with Crippen molar-refractivity contribution in [3.8, 4) is 11.5 Å². The molecule has 2 aliphatic heterocycles. The van der Waals surface area contributed by atoms with Crippen LogP contribution in [0.2, 0.25) is 0 Å². The van der Waals surface area contributed by atoms with Gasteiger partial charge in [0, 0.05) is 17.6 Å². The molecule has 3 heterocycles. The summed E-state index contributed by atoms with van der Waals surface area (Å²) in [6.45, 7) is 2.14. The molecule has 0 spiro atoms. The summed E-state index contributed by atoms with van der Waals surface area (Å²) in [6.07, 6.45) is 3.63. The van der Waals surface area contributed by atoms with Crippen molar-refractivity contribution in [2.24, 2.45) is 0 Å². The number of hydrogen-bond acceptors (Lipinski definition) is 4. The smallest absolute Gasteiger partial charge is 0.247 e. The monoisotopic (exact) mass is 359 g/mol. The lowest BCUT2D eigenvalue weighted by molar-refractivity contribution is 0.124. The van der Waals surface area contributed by atoms with E-state index in [1.165, 1.54) is 24.0 Å². The second kappa shape index (κ2) is 6.61. The molecule has 1 aromatic heterocycles. The lowest BCUT2D eigenvalue weighted by Gasteiger charge is -2.41. The highest BCUT2D eigenvalue weighted by Gasteiger charge is 2.48. The first kappa shape index (κ1) is 16.7. The van der Waals surface area contributed by atoms with E-state index in [9.17, 15) is 0 Å². The minimum absolute atomic E-state index is 0.251. The van der Waals surface area contributed by atoms with Gasteiger partial charge >= 0.3 is 0 Å². The van der Waals surface area contributed by atoms with Crippen LogP contribution in [0.15, 0.2) is 59.0 Å². The van der Waals surface area contributed by atoms with Gasteiger partial charge in [0.25, 0.3) is 0 Å². The molecule has 27 heavy (non-hydrogen) atoms. The average molecular weight is 359 g/mol. The fourth-order valence-corrected chi connectivity index (χ4v) is 5.03. The van der Waals surface area contributed by atoms with Gasteiger partial charge in [-0.2, -0.15) is 0 Å². The topological polar surface area (TPSA) is 42.2 Å². The molecule has 4 nitrogen and oxygen atoms in total. The Kier molecular flexibility index (Phi) is 4.09. The number of benzene rings is 2. The van der Waals surface area contributed by atoms with Gasteiger partial charge in [-0.25, -0.2) is 0 Å². The quantitative estimate of drug-likeness (QED) is 0.675. The molecule has 2 bridgehead atoms. The van der Waals surface area contributed by atoms with Crippen molar-refractivity contribution in [2.75, 3.05) is 7.05 Å². The maximum Gasteiger partial charge on any atom is 0.247 e. The van der Waals surface area contributed by atoms with Gasteiger partial charge < -0.3 is 4.42 Å². The zero-order valence-electron chi connectivity index (χ0n) is 15.9. The van der Waals surface area contributed by atoms with Crippen LogP contribution < -0.4 is 0 Å². The third-order valence-electron chi connectivity index (χ3n) is 6.52. The lowest BCUT2D eigenvalue weighted by Crippen LogP contribution is -2.44. The van der Waals surface area contributed by atoms with Crippen molar-refractivity contribution in [3.05, 3.63) is 71.6 Å². The van der Waals surface area contributed by atoms with E-state index in [1.54, 1.807) is 0 Å². The van der Waals surface area contributed by atoms with E-state index in [0.717, 1.165) is 17.9 Å². The van der Waals surface area contributed by atoms with E-state index in [0.29, 0.717) is 23.9 Å². The molecule has 3 aromatic rings. The van der Waals surface area contributed by atoms with E-state index in [2.05, 4.69) is 53.3 Å². The Balaban J connectivity index is 1.54. The summed E-state index contributed by atoms with van der Waals surface area (Å²) >= 11 is 0. The molecule has 2 saturated heterocycles. The van der Waals surface area contributed by atoms with Crippen molar-refractivity contribution in [1.29, 1.82) is 0 Å². The van der Waals surface area contributed by atoms with E-state index in [4.69, 9.17) is 4.42 Å². The number of aromatic nitrogens is 2. The Bertz CT molecular complexity index is 918. The van der Waals surface area contributed by atoms with Gasteiger partial charge in [-0.05, 0) is 56.8 Å². The number of hydrogen-bond donors (Lipinski definition) is 0. The zero-order chi connectivity index (χ0) is 18.4. The van der Waals surface area contributed by atoms with Crippen LogP contribution in [-0.2, 0) is 0 Å². The van der Waals surface area contributed by atoms with E-state index in [-0.39, 0.29) is 5.92 Å². The van der Waals surface area contributed by atoms with Crippen LogP contribution in [0.25, 0.3) is 11.5 Å². The first-order valence-electron chi connectivity index (χ1n) is 9.88. The largest absolute Gasteiger partial charge is 0.420 e. The van der Waals surface area contributed by atoms with E-state index >= 15 is 0 Å². The van der Waals surface area contributed by atoms with Crippen molar-refractivity contribution < 1.29 is 4.42 Å². The Labute approximate surface area is 160 Å². The lowest BCUT2D eigenvalue weighted by atomic mass is 9.76. The molecular weight excluding hydrogens is 334 g/mol. The molecule has 0 saturated carbocycles. The summed E-state index contributed by atoms with van der Waals surface area (Å²) in [7, 11) is 2.26. The molecule has 0 N–H and O–H groups in total. The molecule has 138 valence electrons. The highest BCUT2D eigenvalue weighted by Crippen LogP contribution is 2.50. The van der Waals surface area contributed by atoms with Gasteiger partial charge in [0.15, 0.2) is 0 Å². The zero-order valence-corrected chi connectivity index (χ0v) is 15.9. The van der Waals surface area contributed by atoms with Crippen LogP contribution >= 0.6 is 0 Å². The number of piperidine rings is 1. The highest BCUT2D eigenvalue weighted by atomic mass is 16.4. The second-order valence-corrected chi connectivity index (χ2v) is 8.05. The summed E-state index contributed by atoms with van der Waals surface area (Å²) in [5.41, 5.74) is 3.68. The Morgan fingerprint density at radius 2 is 1.74 bits per heavy atom. The van der Waals surface area contributed by atoms with Crippen LogP contribution in [0.4, 0.5) is 0 Å². The first-order chi connectivity index (χ1) is 13.2. The van der Waals surface area contributed by atoms with Crippen molar-refractivity contribution in [3.63, 3.8) is 0 Å². The predicted octanol–water partition coefficient (Wildman–Crippen LogP) is 4.78. The van der Waals surface area contributed by atoms with Crippen LogP contribution in [0.1, 0.15) is 48.1 Å². The van der Waals surface area contributed by atoms with Crippen molar-refractivity contribution in [2.45, 2.75) is 50.1 Å². The molecule has 2 fully saturated rings. The summed E-state index contributed by atoms with van der Waals surface area (Å²) in [4.78, 5) is 2.54. The van der Waals surface area contributed by atoms with Gasteiger partial charge in [-0.1, -0.05) is 48.0 Å². The molecule has 0 aliphatic carbocycles. The Morgan fingerprint density at radius 1 is 0.963 bits per heavy atom. The number of nitrogens with zero attached hydrogens (tertiary/aromatic N) is 3. The maximum absolute atomic E-state index is 6.23. The van der Waals surface area contributed by atoms with Crippen LogP contribution in [0.3, 0.4) is 0 Å². The molecule has 4 heteroatoms. The van der Waals surface area contributed by atoms with Crippen molar-refractivity contribution >= 4 is 0 Å². The van der Waals surface area contributed by atoms with Gasteiger partial charge in [0.05, 0.1) is 5.92 Å². The minimum Gasteiger partial charge on any atom is -0.420 e. The SMILES string of the molecule is Cc1ccc([C@H]2C[C@H]3CCC(C2c2nnc(-c4ccccc4)o2)N3C)cc1. The first-order valence-corrected chi connectivity index (χ1v) is 9.88. The van der Waals surface area contributed by atoms with Crippen molar-refractivity contribution in [1.82, 2.24) is 15.1 Å². The van der Waals surface area contributed by atoms with Gasteiger partial charge in [-0.3, -0.25) is 4.90 Å². The Morgan fingerprint density at radius 3 is 2.52 bits per heavy atom. The van der Waals surface area contributed by atoms with Crippen LogP contribution in [-0.4, -0.2) is 34.2 Å². The molecule has 5 rings (SSSR count). The number of aryl methyl sites for hydroxylation is 1. The van der Waals surface area contributed by atoms with E-state index in [1.807, 2.05) is 30.3 Å². The Hall–Kier alpha value is -2.46. The summed E-state index contributed by atoms with van der Waals surface area (Å²) in [5.74, 6) is 2.09. The number of fused-ring (bicyclic) bond motifs is 2. The van der Waals surface area contributed by atoms with Crippen LogP contribution in [0.5, 0.6) is 0 Å². The second-order valence-electron chi connectivity index (χ2n) is 8.05. The van der Waals surface area contributed by atoms with Gasteiger partial charge in [0.1, 0.15) is 0 Å². The molecule has 0 amide bonds. The summed E-state index contributed by atoms with van der Waals surface area (Å²) < 4.78 is 6.23. The van der Waals surface area contributed by atoms with Gasteiger partial charge in [0.2, 0.25) is 11.8 Å². The average Bonchev–Trinajstić information content (AvgIpc) is 3.26. The number of rotatable bonds is 3. The molecule has 2 aromatic carbocycles. The fraction of sp³-hybridized carbons (Fsp3) is 0.391. The third kappa shape index (κ3) is 2.88. The summed E-state index contributed by atoms with van der Waals surface area (Å²) in [5, 5.41) is 8.89. The molecular formula is C23H25N3O. The minimum atomic E-state index is 0.251. The molecule has 2 unspecified atom stereocenters. The molecule has 4 atom stereocenters. The summed E-state index contributed by atoms with van der Waals surface area (Å²) in [6, 6.07) is 20.2. The molecule has 0 radical (unpaired) electrons. The maximum atomic E-state index is 6.23.